The number of hydrogen-bond acceptors (Lipinski definition) is 5. The fourth-order valence-corrected chi connectivity index (χ4v) is 1.70. The van der Waals surface area contributed by atoms with Crippen molar-refractivity contribution in [3.8, 4) is 0 Å². The Hall–Kier alpha value is -3.02. The molecule has 0 amide bonds. The number of hydrogen-bond donors (Lipinski definition) is 0. The van der Waals surface area contributed by atoms with Crippen LogP contribution in [-0.2, 0) is 9.53 Å². The average molecular weight is 284 g/mol. The highest BCUT2D eigenvalue weighted by atomic mass is 16.6. The van der Waals surface area contributed by atoms with Gasteiger partial charge < -0.3 is 4.74 Å². The zero-order chi connectivity index (χ0) is 15.2. The van der Waals surface area contributed by atoms with Crippen LogP contribution in [0.3, 0.4) is 0 Å². The van der Waals surface area contributed by atoms with Gasteiger partial charge in [0.25, 0.3) is 5.69 Å². The van der Waals surface area contributed by atoms with Crippen LogP contribution in [0, 0.1) is 10.1 Å². The maximum absolute atomic E-state index is 11.8. The molecule has 2 aromatic rings. The van der Waals surface area contributed by atoms with E-state index in [0.29, 0.717) is 11.3 Å². The normalized spacial score (nSPS) is 11.0. The van der Waals surface area contributed by atoms with Gasteiger partial charge in [0, 0.05) is 17.7 Å². The molecule has 0 fully saturated rings. The highest BCUT2D eigenvalue weighted by molar-refractivity contribution is 6.43. The number of nitrogens with zero attached hydrogens (tertiary/aromatic N) is 2. The summed E-state index contributed by atoms with van der Waals surface area (Å²) < 4.78 is 4.72. The van der Waals surface area contributed by atoms with Crippen molar-refractivity contribution in [1.29, 1.82) is 0 Å². The predicted octanol–water partition coefficient (Wildman–Crippen LogP) is 2.89. The largest absolute Gasteiger partial charge is 0.464 e. The summed E-state index contributed by atoms with van der Waals surface area (Å²) >= 11 is 0. The number of carbonyl (C=O) groups excluding carboxylic acids is 1. The van der Waals surface area contributed by atoms with Crippen LogP contribution in [0.15, 0.2) is 59.6 Å². The third-order valence-electron chi connectivity index (χ3n) is 2.73. The van der Waals surface area contributed by atoms with E-state index in [2.05, 4.69) is 4.99 Å². The lowest BCUT2D eigenvalue weighted by Gasteiger charge is -2.04. The molecule has 0 spiro atoms. The molecule has 0 aromatic heterocycles. The molecule has 0 N–H and O–H groups in total. The maximum atomic E-state index is 11.8. The van der Waals surface area contributed by atoms with E-state index in [-0.39, 0.29) is 11.4 Å². The number of aliphatic imine (C=N–C) groups is 1. The van der Waals surface area contributed by atoms with E-state index in [1.54, 1.807) is 24.3 Å². The van der Waals surface area contributed by atoms with Gasteiger partial charge in [0.1, 0.15) is 0 Å². The van der Waals surface area contributed by atoms with Gasteiger partial charge in [-0.05, 0) is 12.1 Å². The molecule has 6 heteroatoms. The first-order valence-electron chi connectivity index (χ1n) is 6.08. The molecule has 0 unspecified atom stereocenters. The van der Waals surface area contributed by atoms with Crippen LogP contribution < -0.4 is 0 Å². The average Bonchev–Trinajstić information content (AvgIpc) is 2.53. The molecule has 0 bridgehead atoms. The lowest BCUT2D eigenvalue weighted by Crippen LogP contribution is -2.16. The second kappa shape index (κ2) is 6.42. The summed E-state index contributed by atoms with van der Waals surface area (Å²) in [5.41, 5.74) is 1.16. The molecule has 0 saturated carbocycles. The van der Waals surface area contributed by atoms with E-state index in [0.717, 1.165) is 0 Å². The van der Waals surface area contributed by atoms with Crippen molar-refractivity contribution in [2.45, 2.75) is 0 Å². The number of benzene rings is 2. The zero-order valence-corrected chi connectivity index (χ0v) is 11.2. The second-order valence-electron chi connectivity index (χ2n) is 4.09. The van der Waals surface area contributed by atoms with E-state index >= 15 is 0 Å². The summed E-state index contributed by atoms with van der Waals surface area (Å²) in [4.78, 5) is 26.2. The first-order chi connectivity index (χ1) is 10.1. The summed E-state index contributed by atoms with van der Waals surface area (Å²) in [5.74, 6) is -0.570. The number of methoxy groups -OCH3 is 1. The molecule has 2 aromatic carbocycles. The SMILES string of the molecule is COC(=O)C(=Nc1ccc([N+](=O)[O-])cc1)c1ccccc1. The lowest BCUT2D eigenvalue weighted by molar-refractivity contribution is -0.384. The molecule has 0 atom stereocenters. The summed E-state index contributed by atoms with van der Waals surface area (Å²) in [5, 5.41) is 10.6. The van der Waals surface area contributed by atoms with Gasteiger partial charge in [-0.3, -0.25) is 10.1 Å². The van der Waals surface area contributed by atoms with Gasteiger partial charge in [-0.1, -0.05) is 30.3 Å². The molecule has 2 rings (SSSR count). The van der Waals surface area contributed by atoms with Gasteiger partial charge in [-0.2, -0.15) is 0 Å². The molecule has 0 aliphatic carbocycles. The van der Waals surface area contributed by atoms with Crippen LogP contribution in [0.4, 0.5) is 11.4 Å². The Balaban J connectivity index is 2.41. The molecule has 0 heterocycles. The molecular weight excluding hydrogens is 272 g/mol. The summed E-state index contributed by atoms with van der Waals surface area (Å²) in [6, 6.07) is 14.5. The van der Waals surface area contributed by atoms with E-state index in [1.807, 2.05) is 6.07 Å². The van der Waals surface area contributed by atoms with E-state index < -0.39 is 10.9 Å². The minimum absolute atomic E-state index is 0.0340. The summed E-state index contributed by atoms with van der Waals surface area (Å²) in [7, 11) is 1.27. The number of esters is 1. The third-order valence-corrected chi connectivity index (χ3v) is 2.73. The molecule has 21 heavy (non-hydrogen) atoms. The van der Waals surface area contributed by atoms with Gasteiger partial charge in [0.15, 0.2) is 5.71 Å². The van der Waals surface area contributed by atoms with Crippen molar-refractivity contribution in [1.82, 2.24) is 0 Å². The van der Waals surface area contributed by atoms with Crippen molar-refractivity contribution in [3.63, 3.8) is 0 Å². The second-order valence-corrected chi connectivity index (χ2v) is 4.09. The summed E-state index contributed by atoms with van der Waals surface area (Å²) in [6.07, 6.45) is 0. The zero-order valence-electron chi connectivity index (χ0n) is 11.2. The first-order valence-corrected chi connectivity index (χ1v) is 6.08. The predicted molar refractivity (Wildman–Crippen MR) is 77.8 cm³/mol. The molecule has 0 radical (unpaired) electrons. The lowest BCUT2D eigenvalue weighted by atomic mass is 10.1. The molecule has 0 aliphatic rings. The van der Waals surface area contributed by atoms with Crippen LogP contribution in [0.25, 0.3) is 0 Å². The van der Waals surface area contributed by atoms with Gasteiger partial charge in [-0.15, -0.1) is 0 Å². The smallest absolute Gasteiger partial charge is 0.357 e. The van der Waals surface area contributed by atoms with E-state index in [1.165, 1.54) is 31.4 Å². The maximum Gasteiger partial charge on any atom is 0.357 e. The summed E-state index contributed by atoms with van der Waals surface area (Å²) in [6.45, 7) is 0. The fourth-order valence-electron chi connectivity index (χ4n) is 1.70. The standard InChI is InChI=1S/C15H12N2O4/c1-21-15(18)14(11-5-3-2-4-6-11)16-12-7-9-13(10-8-12)17(19)20/h2-10H,1H3. The van der Waals surface area contributed by atoms with Crippen LogP contribution in [-0.4, -0.2) is 23.7 Å². The van der Waals surface area contributed by atoms with Crippen molar-refractivity contribution in [2.75, 3.05) is 7.11 Å². The third kappa shape index (κ3) is 3.50. The Morgan fingerprint density at radius 3 is 2.24 bits per heavy atom. The number of carbonyl (C=O) groups is 1. The topological polar surface area (TPSA) is 81.8 Å². The van der Waals surface area contributed by atoms with Gasteiger partial charge in [-0.25, -0.2) is 9.79 Å². The Morgan fingerprint density at radius 2 is 1.71 bits per heavy atom. The Kier molecular flexibility index (Phi) is 4.40. The van der Waals surface area contributed by atoms with Crippen LogP contribution in [0.5, 0.6) is 0 Å². The van der Waals surface area contributed by atoms with Crippen molar-refractivity contribution in [3.05, 3.63) is 70.3 Å². The Labute approximate surface area is 120 Å². The molecule has 6 nitrogen and oxygen atoms in total. The number of ether oxygens (including phenoxy) is 1. The van der Waals surface area contributed by atoms with Crippen molar-refractivity contribution < 1.29 is 14.5 Å². The molecule has 0 aliphatic heterocycles. The van der Waals surface area contributed by atoms with Crippen LogP contribution in [0.1, 0.15) is 5.56 Å². The molecule has 0 saturated heterocycles. The first kappa shape index (κ1) is 14.4. The quantitative estimate of drug-likeness (QED) is 0.374. The van der Waals surface area contributed by atoms with Gasteiger partial charge >= 0.3 is 5.97 Å². The minimum Gasteiger partial charge on any atom is -0.464 e. The Bertz CT molecular complexity index is 679. The van der Waals surface area contributed by atoms with E-state index in [9.17, 15) is 14.9 Å². The van der Waals surface area contributed by atoms with Crippen LogP contribution >= 0.6 is 0 Å². The van der Waals surface area contributed by atoms with E-state index in [4.69, 9.17) is 4.74 Å². The number of non-ortho nitro benzene ring substituents is 1. The van der Waals surface area contributed by atoms with Crippen molar-refractivity contribution >= 4 is 23.1 Å². The fraction of sp³-hybridized carbons (Fsp3) is 0.0667. The van der Waals surface area contributed by atoms with Gasteiger partial charge in [0.2, 0.25) is 0 Å². The number of rotatable bonds is 4. The molecular formula is C15H12N2O4. The highest BCUT2D eigenvalue weighted by Gasteiger charge is 2.14. The molecule has 106 valence electrons. The number of nitro benzene ring substituents is 1. The van der Waals surface area contributed by atoms with Gasteiger partial charge in [0.05, 0.1) is 17.7 Å². The minimum atomic E-state index is -0.570. The monoisotopic (exact) mass is 284 g/mol. The number of nitro groups is 1. The van der Waals surface area contributed by atoms with Crippen LogP contribution in [0.2, 0.25) is 0 Å². The Morgan fingerprint density at radius 1 is 1.10 bits per heavy atom. The highest BCUT2D eigenvalue weighted by Crippen LogP contribution is 2.19. The van der Waals surface area contributed by atoms with Crippen molar-refractivity contribution in [2.24, 2.45) is 4.99 Å².